The maximum Gasteiger partial charge on any atom is 0.322 e. The summed E-state index contributed by atoms with van der Waals surface area (Å²) in [5.41, 5.74) is 1.20. The highest BCUT2D eigenvalue weighted by atomic mass is 16.4. The van der Waals surface area contributed by atoms with Crippen LogP contribution in [0.2, 0.25) is 0 Å². The normalized spacial score (nSPS) is 18.1. The number of carboxylic acids is 1. The fourth-order valence-corrected chi connectivity index (χ4v) is 2.42. The molecule has 6 heteroatoms. The monoisotopic (exact) mass is 278 g/mol. The molecule has 1 atom stereocenters. The lowest BCUT2D eigenvalue weighted by Crippen LogP contribution is -2.40. The van der Waals surface area contributed by atoms with Crippen LogP contribution in [0.3, 0.4) is 0 Å². The Morgan fingerprint density at radius 1 is 1.40 bits per heavy atom. The summed E-state index contributed by atoms with van der Waals surface area (Å²) < 4.78 is 0. The minimum absolute atomic E-state index is 0.0352. The Labute approximate surface area is 117 Å². The quantitative estimate of drug-likeness (QED) is 0.774. The number of nitrogens with one attached hydrogen (secondary N) is 1. The Morgan fingerprint density at radius 3 is 2.90 bits per heavy atom. The van der Waals surface area contributed by atoms with Gasteiger partial charge in [0.2, 0.25) is 0 Å². The highest BCUT2D eigenvalue weighted by Crippen LogP contribution is 2.19. The number of urea groups is 1. The largest absolute Gasteiger partial charge is 0.481 e. The van der Waals surface area contributed by atoms with Crippen molar-refractivity contribution < 1.29 is 19.8 Å². The van der Waals surface area contributed by atoms with Gasteiger partial charge in [-0.25, -0.2) is 4.79 Å². The van der Waals surface area contributed by atoms with Crippen LogP contribution in [0, 0.1) is 0 Å². The van der Waals surface area contributed by atoms with Crippen LogP contribution in [0.15, 0.2) is 24.3 Å². The fourth-order valence-electron chi connectivity index (χ4n) is 2.42. The van der Waals surface area contributed by atoms with Crippen molar-refractivity contribution in [3.63, 3.8) is 0 Å². The number of nitrogens with zero attached hydrogens (tertiary/aromatic N) is 1. The van der Waals surface area contributed by atoms with Gasteiger partial charge >= 0.3 is 12.0 Å². The minimum Gasteiger partial charge on any atom is -0.481 e. The molecular formula is C14H18N2O4. The Morgan fingerprint density at radius 2 is 2.20 bits per heavy atom. The molecule has 1 unspecified atom stereocenters. The molecule has 0 spiro atoms. The number of carboxylic acid groups (broad SMARTS) is 1. The molecule has 1 aromatic rings. The molecule has 20 heavy (non-hydrogen) atoms. The third kappa shape index (κ3) is 3.48. The highest BCUT2D eigenvalue weighted by molar-refractivity contribution is 5.90. The van der Waals surface area contributed by atoms with Gasteiger partial charge in [-0.3, -0.25) is 4.79 Å². The number of aliphatic hydroxyl groups is 1. The van der Waals surface area contributed by atoms with E-state index in [0.29, 0.717) is 17.8 Å². The van der Waals surface area contributed by atoms with Crippen molar-refractivity contribution in [3.8, 4) is 0 Å². The van der Waals surface area contributed by atoms with Gasteiger partial charge in [0.15, 0.2) is 0 Å². The number of benzene rings is 1. The lowest BCUT2D eigenvalue weighted by atomic mass is 10.1. The molecule has 0 radical (unpaired) electrons. The molecule has 1 fully saturated rings. The number of amides is 2. The Hall–Kier alpha value is -2.08. The summed E-state index contributed by atoms with van der Waals surface area (Å²) in [5, 5.41) is 20.7. The van der Waals surface area contributed by atoms with Crippen LogP contribution < -0.4 is 5.32 Å². The molecule has 1 heterocycles. The summed E-state index contributed by atoms with van der Waals surface area (Å²) in [6.07, 6.45) is 1.62. The van der Waals surface area contributed by atoms with Crippen LogP contribution >= 0.6 is 0 Å². The predicted molar refractivity (Wildman–Crippen MR) is 73.6 cm³/mol. The van der Waals surface area contributed by atoms with E-state index in [2.05, 4.69) is 5.32 Å². The molecular weight excluding hydrogens is 260 g/mol. The van der Waals surface area contributed by atoms with Crippen LogP contribution in [0.1, 0.15) is 18.4 Å². The molecule has 1 aliphatic heterocycles. The molecule has 6 nitrogen and oxygen atoms in total. The lowest BCUT2D eigenvalue weighted by molar-refractivity contribution is -0.136. The van der Waals surface area contributed by atoms with Gasteiger partial charge in [0.1, 0.15) is 0 Å². The second kappa shape index (κ2) is 6.38. The Kier molecular flexibility index (Phi) is 4.57. The van der Waals surface area contributed by atoms with Crippen molar-refractivity contribution in [1.82, 2.24) is 4.90 Å². The summed E-state index contributed by atoms with van der Waals surface area (Å²) in [7, 11) is 0. The second-order valence-electron chi connectivity index (χ2n) is 4.87. The molecule has 1 saturated heterocycles. The average Bonchev–Trinajstić information content (AvgIpc) is 2.86. The summed E-state index contributed by atoms with van der Waals surface area (Å²) >= 11 is 0. The summed E-state index contributed by atoms with van der Waals surface area (Å²) in [4.78, 5) is 24.4. The van der Waals surface area contributed by atoms with E-state index in [9.17, 15) is 14.7 Å². The van der Waals surface area contributed by atoms with Gasteiger partial charge in [0.25, 0.3) is 0 Å². The number of hydrogen-bond donors (Lipinski definition) is 3. The van der Waals surface area contributed by atoms with Crippen molar-refractivity contribution in [3.05, 3.63) is 29.8 Å². The van der Waals surface area contributed by atoms with E-state index in [4.69, 9.17) is 5.11 Å². The van der Waals surface area contributed by atoms with E-state index >= 15 is 0 Å². The lowest BCUT2D eigenvalue weighted by Gasteiger charge is -2.23. The van der Waals surface area contributed by atoms with Gasteiger partial charge < -0.3 is 20.4 Å². The molecule has 2 amide bonds. The van der Waals surface area contributed by atoms with Gasteiger partial charge in [-0.2, -0.15) is 0 Å². The van der Waals surface area contributed by atoms with Crippen LogP contribution in [0.25, 0.3) is 0 Å². The topological polar surface area (TPSA) is 89.9 Å². The van der Waals surface area contributed by atoms with Gasteiger partial charge in [-0.05, 0) is 30.5 Å². The Balaban J connectivity index is 2.02. The van der Waals surface area contributed by atoms with Crippen LogP contribution in [0.4, 0.5) is 10.5 Å². The zero-order valence-corrected chi connectivity index (χ0v) is 11.1. The first-order valence-electron chi connectivity index (χ1n) is 6.59. The van der Waals surface area contributed by atoms with E-state index in [1.54, 1.807) is 29.2 Å². The molecule has 108 valence electrons. The van der Waals surface area contributed by atoms with Gasteiger partial charge in [0.05, 0.1) is 19.1 Å². The second-order valence-corrected chi connectivity index (χ2v) is 4.87. The zero-order chi connectivity index (χ0) is 14.5. The number of aliphatic hydroxyl groups excluding tert-OH is 1. The van der Waals surface area contributed by atoms with E-state index in [0.717, 1.165) is 12.8 Å². The number of likely N-dealkylation sites (tertiary alicyclic amines) is 1. The third-order valence-electron chi connectivity index (χ3n) is 3.38. The summed E-state index contributed by atoms with van der Waals surface area (Å²) in [6.45, 7) is 0.596. The average molecular weight is 278 g/mol. The molecule has 3 N–H and O–H groups in total. The maximum absolute atomic E-state index is 12.1. The molecule has 0 bridgehead atoms. The van der Waals surface area contributed by atoms with E-state index < -0.39 is 5.97 Å². The first-order chi connectivity index (χ1) is 9.60. The molecule has 0 aromatic heterocycles. The Bertz CT molecular complexity index is 504. The van der Waals surface area contributed by atoms with Gasteiger partial charge in [-0.15, -0.1) is 0 Å². The van der Waals surface area contributed by atoms with E-state index in [1.165, 1.54) is 0 Å². The van der Waals surface area contributed by atoms with Crippen molar-refractivity contribution >= 4 is 17.7 Å². The minimum atomic E-state index is -0.909. The van der Waals surface area contributed by atoms with Crippen LogP contribution in [0.5, 0.6) is 0 Å². The first kappa shape index (κ1) is 14.3. The van der Waals surface area contributed by atoms with Crippen LogP contribution in [-0.4, -0.2) is 46.3 Å². The fraction of sp³-hybridized carbons (Fsp3) is 0.429. The smallest absolute Gasteiger partial charge is 0.322 e. The molecule has 0 aliphatic carbocycles. The van der Waals surface area contributed by atoms with Crippen molar-refractivity contribution in [1.29, 1.82) is 0 Å². The van der Waals surface area contributed by atoms with E-state index in [1.807, 2.05) is 0 Å². The molecule has 2 rings (SSSR count). The highest BCUT2D eigenvalue weighted by Gasteiger charge is 2.27. The maximum atomic E-state index is 12.1. The number of carbonyl (C=O) groups excluding carboxylic acids is 1. The third-order valence-corrected chi connectivity index (χ3v) is 3.38. The van der Waals surface area contributed by atoms with E-state index in [-0.39, 0.29) is 25.1 Å². The number of aliphatic carboxylic acids is 1. The molecule has 0 saturated carbocycles. The first-order valence-corrected chi connectivity index (χ1v) is 6.59. The SMILES string of the molecule is O=C(O)Cc1cccc(NC(=O)N2CCCC2CO)c1. The standard InChI is InChI=1S/C14H18N2O4/c17-9-12-5-2-6-16(12)14(20)15-11-4-1-3-10(7-11)8-13(18)19/h1,3-4,7,12,17H,2,5-6,8-9H2,(H,15,20)(H,18,19). The predicted octanol–water partition coefficient (Wildman–Crippen LogP) is 1.30. The number of anilines is 1. The summed E-state index contributed by atoms with van der Waals surface area (Å²) in [5.74, 6) is -0.909. The van der Waals surface area contributed by atoms with Crippen molar-refractivity contribution in [2.24, 2.45) is 0 Å². The molecule has 1 aromatic carbocycles. The van der Waals surface area contributed by atoms with Gasteiger partial charge in [0, 0.05) is 12.2 Å². The van der Waals surface area contributed by atoms with Crippen molar-refractivity contribution in [2.45, 2.75) is 25.3 Å². The molecule has 1 aliphatic rings. The van der Waals surface area contributed by atoms with Gasteiger partial charge in [-0.1, -0.05) is 12.1 Å². The summed E-state index contributed by atoms with van der Waals surface area (Å²) in [6, 6.07) is 6.40. The number of rotatable bonds is 4. The number of carbonyl (C=O) groups is 2. The van der Waals surface area contributed by atoms with Crippen LogP contribution in [-0.2, 0) is 11.2 Å². The number of hydrogen-bond acceptors (Lipinski definition) is 3. The van der Waals surface area contributed by atoms with Crippen molar-refractivity contribution in [2.75, 3.05) is 18.5 Å². The zero-order valence-electron chi connectivity index (χ0n) is 11.1.